The molecule has 7 heteroatoms. The Kier molecular flexibility index (Phi) is 3.27. The molecule has 1 fully saturated rings. The van der Waals surface area contributed by atoms with Crippen LogP contribution >= 0.6 is 12.2 Å². The van der Waals surface area contributed by atoms with Crippen molar-refractivity contribution in [1.82, 2.24) is 14.9 Å². The van der Waals surface area contributed by atoms with Crippen LogP contribution in [0.15, 0.2) is 23.3 Å². The summed E-state index contributed by atoms with van der Waals surface area (Å²) in [5.41, 5.74) is 0.758. The number of nitrogens with one attached hydrogen (secondary N) is 1. The van der Waals surface area contributed by atoms with E-state index < -0.39 is 0 Å². The maximum Gasteiger partial charge on any atom is 0.216 e. The van der Waals surface area contributed by atoms with E-state index in [4.69, 9.17) is 17.0 Å². The highest BCUT2D eigenvalue weighted by Gasteiger charge is 2.29. The summed E-state index contributed by atoms with van der Waals surface area (Å²) in [6, 6.07) is 5.08. The van der Waals surface area contributed by atoms with Crippen molar-refractivity contribution in [3.05, 3.63) is 34.4 Å². The molecule has 0 spiro atoms. The molecule has 0 saturated heterocycles. The molecule has 20 heavy (non-hydrogen) atoms. The predicted octanol–water partition coefficient (Wildman–Crippen LogP) is 2.41. The molecule has 2 aromatic rings. The minimum Gasteiger partial charge on any atom is -0.504 e. The van der Waals surface area contributed by atoms with Gasteiger partial charge in [0.2, 0.25) is 4.77 Å². The van der Waals surface area contributed by atoms with Crippen molar-refractivity contribution >= 4 is 18.4 Å². The van der Waals surface area contributed by atoms with Crippen molar-refractivity contribution in [2.45, 2.75) is 18.8 Å². The Balaban J connectivity index is 1.89. The summed E-state index contributed by atoms with van der Waals surface area (Å²) >= 11 is 5.16. The van der Waals surface area contributed by atoms with E-state index in [1.807, 2.05) is 6.07 Å². The number of rotatable bonds is 4. The van der Waals surface area contributed by atoms with Gasteiger partial charge in [-0.2, -0.15) is 14.9 Å². The number of aromatic nitrogens is 3. The lowest BCUT2D eigenvalue weighted by Gasteiger charge is -2.03. The molecule has 6 nitrogen and oxygen atoms in total. The molecule has 1 saturated carbocycles. The normalized spacial score (nSPS) is 14.8. The Morgan fingerprint density at radius 2 is 2.35 bits per heavy atom. The number of methoxy groups -OCH3 is 1. The van der Waals surface area contributed by atoms with Crippen LogP contribution in [0.3, 0.4) is 0 Å². The number of nitrogens with zero attached hydrogens (tertiary/aromatic N) is 3. The number of hydrogen-bond acceptors (Lipinski definition) is 5. The van der Waals surface area contributed by atoms with Gasteiger partial charge in [-0.3, -0.25) is 5.10 Å². The first kappa shape index (κ1) is 12.9. The van der Waals surface area contributed by atoms with Gasteiger partial charge >= 0.3 is 0 Å². The van der Waals surface area contributed by atoms with Crippen molar-refractivity contribution in [2.24, 2.45) is 5.10 Å². The zero-order valence-corrected chi connectivity index (χ0v) is 11.7. The number of benzene rings is 1. The molecule has 2 N–H and O–H groups in total. The van der Waals surface area contributed by atoms with E-state index in [2.05, 4.69) is 15.3 Å². The largest absolute Gasteiger partial charge is 0.504 e. The average Bonchev–Trinajstić information content (AvgIpc) is 3.21. The monoisotopic (exact) mass is 290 g/mol. The number of aromatic amines is 1. The fourth-order valence-corrected chi connectivity index (χ4v) is 2.12. The highest BCUT2D eigenvalue weighted by molar-refractivity contribution is 7.71. The number of ether oxygens (including phenoxy) is 1. The SMILES string of the molecule is COc1ccc(/C=N\n2c(C3CC3)n[nH]c2=S)cc1O. The van der Waals surface area contributed by atoms with Crippen molar-refractivity contribution in [3.8, 4) is 11.5 Å². The quantitative estimate of drug-likeness (QED) is 0.670. The molecule has 3 rings (SSSR count). The number of phenolic OH excluding ortho intramolecular Hbond substituents is 1. The molecule has 0 bridgehead atoms. The third kappa shape index (κ3) is 2.44. The molecule has 1 aromatic carbocycles. The molecule has 0 atom stereocenters. The summed E-state index contributed by atoms with van der Waals surface area (Å²) in [5.74, 6) is 1.82. The van der Waals surface area contributed by atoms with Gasteiger partial charge in [0.25, 0.3) is 0 Å². The smallest absolute Gasteiger partial charge is 0.216 e. The van der Waals surface area contributed by atoms with Crippen LogP contribution in [0.5, 0.6) is 11.5 Å². The molecule has 0 aliphatic heterocycles. The number of H-pyrrole nitrogens is 1. The minimum absolute atomic E-state index is 0.0784. The Morgan fingerprint density at radius 1 is 1.55 bits per heavy atom. The predicted molar refractivity (Wildman–Crippen MR) is 77.0 cm³/mol. The number of phenols is 1. The van der Waals surface area contributed by atoms with E-state index in [1.165, 1.54) is 7.11 Å². The first-order valence-corrected chi connectivity index (χ1v) is 6.68. The Hall–Kier alpha value is -2.15. The van der Waals surface area contributed by atoms with Gasteiger partial charge in [-0.15, -0.1) is 0 Å². The van der Waals surface area contributed by atoms with E-state index in [9.17, 15) is 5.11 Å². The zero-order valence-electron chi connectivity index (χ0n) is 10.9. The van der Waals surface area contributed by atoms with Crippen molar-refractivity contribution in [3.63, 3.8) is 0 Å². The topological polar surface area (TPSA) is 75.4 Å². The standard InChI is InChI=1S/C13H14N4O2S/c1-19-11-5-2-8(6-10(11)18)7-14-17-12(9-3-4-9)15-16-13(17)20/h2,5-7,9,18H,3-4H2,1H3,(H,16,20)/b14-7-. The van der Waals surface area contributed by atoms with Gasteiger partial charge in [0.1, 0.15) is 0 Å². The van der Waals surface area contributed by atoms with Gasteiger partial charge < -0.3 is 9.84 Å². The van der Waals surface area contributed by atoms with Crippen LogP contribution in [-0.4, -0.2) is 33.3 Å². The van der Waals surface area contributed by atoms with Crippen LogP contribution in [0.4, 0.5) is 0 Å². The van der Waals surface area contributed by atoms with E-state index in [1.54, 1.807) is 23.0 Å². The summed E-state index contributed by atoms with van der Waals surface area (Å²) < 4.78 is 7.10. The van der Waals surface area contributed by atoms with Crippen LogP contribution < -0.4 is 4.74 Å². The molecule has 1 aliphatic carbocycles. The first-order valence-electron chi connectivity index (χ1n) is 6.27. The average molecular weight is 290 g/mol. The van der Waals surface area contributed by atoms with Crippen LogP contribution in [0.2, 0.25) is 0 Å². The fraction of sp³-hybridized carbons (Fsp3) is 0.308. The number of aromatic hydroxyl groups is 1. The van der Waals surface area contributed by atoms with Gasteiger partial charge in [-0.05, 0) is 48.8 Å². The molecule has 104 valence electrons. The van der Waals surface area contributed by atoms with Crippen LogP contribution in [0.1, 0.15) is 30.1 Å². The highest BCUT2D eigenvalue weighted by atomic mass is 32.1. The molecular formula is C13H14N4O2S. The van der Waals surface area contributed by atoms with Crippen molar-refractivity contribution in [1.29, 1.82) is 0 Å². The summed E-state index contributed by atoms with van der Waals surface area (Å²) in [5, 5.41) is 21.0. The number of hydrogen-bond donors (Lipinski definition) is 2. The second kappa shape index (κ2) is 5.09. The maximum absolute atomic E-state index is 9.72. The van der Waals surface area contributed by atoms with Crippen LogP contribution in [-0.2, 0) is 0 Å². The Bertz CT molecular complexity index is 715. The molecular weight excluding hydrogens is 276 g/mol. The zero-order chi connectivity index (χ0) is 14.1. The van der Waals surface area contributed by atoms with Gasteiger partial charge in [0.05, 0.1) is 13.3 Å². The Morgan fingerprint density at radius 3 is 3.00 bits per heavy atom. The van der Waals surface area contributed by atoms with Crippen LogP contribution in [0.25, 0.3) is 0 Å². The maximum atomic E-state index is 9.72. The molecule has 0 unspecified atom stereocenters. The van der Waals surface area contributed by atoms with Gasteiger partial charge in [-0.25, -0.2) is 0 Å². The van der Waals surface area contributed by atoms with Crippen molar-refractivity contribution < 1.29 is 9.84 Å². The summed E-state index contributed by atoms with van der Waals surface area (Å²) in [7, 11) is 1.51. The summed E-state index contributed by atoms with van der Waals surface area (Å²) in [6.07, 6.45) is 3.88. The lowest BCUT2D eigenvalue weighted by molar-refractivity contribution is 0.373. The second-order valence-electron chi connectivity index (χ2n) is 4.65. The first-order chi connectivity index (χ1) is 9.69. The molecule has 1 heterocycles. The van der Waals surface area contributed by atoms with Gasteiger partial charge in [0, 0.05) is 5.92 Å². The van der Waals surface area contributed by atoms with E-state index >= 15 is 0 Å². The lowest BCUT2D eigenvalue weighted by Crippen LogP contribution is -1.97. The second-order valence-corrected chi connectivity index (χ2v) is 5.04. The Labute approximate surface area is 120 Å². The summed E-state index contributed by atoms with van der Waals surface area (Å²) in [6.45, 7) is 0. The molecule has 0 amide bonds. The third-order valence-corrected chi connectivity index (χ3v) is 3.41. The molecule has 1 aliphatic rings. The molecule has 0 radical (unpaired) electrons. The highest BCUT2D eigenvalue weighted by Crippen LogP contribution is 2.38. The van der Waals surface area contributed by atoms with Crippen molar-refractivity contribution in [2.75, 3.05) is 7.11 Å². The molecule has 1 aromatic heterocycles. The van der Waals surface area contributed by atoms with Gasteiger partial charge in [0.15, 0.2) is 17.3 Å². The van der Waals surface area contributed by atoms with E-state index in [0.717, 1.165) is 24.2 Å². The van der Waals surface area contributed by atoms with E-state index in [0.29, 0.717) is 16.4 Å². The van der Waals surface area contributed by atoms with Gasteiger partial charge in [-0.1, -0.05) is 0 Å². The third-order valence-electron chi connectivity index (χ3n) is 3.14. The van der Waals surface area contributed by atoms with E-state index in [-0.39, 0.29) is 5.75 Å². The fourth-order valence-electron chi connectivity index (χ4n) is 1.93. The summed E-state index contributed by atoms with van der Waals surface area (Å²) in [4.78, 5) is 0. The van der Waals surface area contributed by atoms with Crippen LogP contribution in [0, 0.1) is 4.77 Å². The lowest BCUT2D eigenvalue weighted by atomic mass is 10.2. The minimum atomic E-state index is 0.0784.